The Kier molecular flexibility index (Phi) is 8.50. The number of aliphatic imine (C=N–C) groups is 1. The van der Waals surface area contributed by atoms with Crippen LogP contribution in [-0.2, 0) is 12.8 Å². The van der Waals surface area contributed by atoms with Gasteiger partial charge in [-0.15, -0.1) is 35.3 Å². The van der Waals surface area contributed by atoms with Gasteiger partial charge in [0, 0.05) is 31.4 Å². The highest BCUT2D eigenvalue weighted by Crippen LogP contribution is 2.17. The maximum Gasteiger partial charge on any atom is 0.191 e. The SMILES string of the molecule is CN=C(NCCc1ccc2ccccc2c1)NCCc1nc(C)c(C)s1.I. The molecule has 6 heteroatoms. The maximum absolute atomic E-state index is 4.58. The van der Waals surface area contributed by atoms with Crippen molar-refractivity contribution in [3.8, 4) is 0 Å². The Bertz CT molecular complexity index is 885. The summed E-state index contributed by atoms with van der Waals surface area (Å²) in [4.78, 5) is 10.2. The highest BCUT2D eigenvalue weighted by molar-refractivity contribution is 14.0. The number of hydrogen-bond acceptors (Lipinski definition) is 3. The lowest BCUT2D eigenvalue weighted by atomic mass is 10.1. The Balaban J connectivity index is 0.00000261. The second-order valence-corrected chi connectivity index (χ2v) is 7.64. The van der Waals surface area contributed by atoms with Crippen LogP contribution in [0.1, 0.15) is 21.1 Å². The van der Waals surface area contributed by atoms with Gasteiger partial charge in [0.05, 0.1) is 10.7 Å². The second kappa shape index (κ2) is 10.6. The summed E-state index contributed by atoms with van der Waals surface area (Å²) < 4.78 is 0. The van der Waals surface area contributed by atoms with E-state index in [1.54, 1.807) is 11.3 Å². The molecule has 0 saturated carbocycles. The minimum Gasteiger partial charge on any atom is -0.356 e. The first kappa shape index (κ1) is 21.6. The predicted octanol–water partition coefficient (Wildman–Crippen LogP) is 4.48. The van der Waals surface area contributed by atoms with Crippen LogP contribution in [0.4, 0.5) is 0 Å². The molecular weight excluding hydrogens is 467 g/mol. The van der Waals surface area contributed by atoms with Gasteiger partial charge in [-0.25, -0.2) is 4.98 Å². The Morgan fingerprint density at radius 1 is 1.00 bits per heavy atom. The first-order valence-corrected chi connectivity index (χ1v) is 9.82. The van der Waals surface area contributed by atoms with E-state index >= 15 is 0 Å². The van der Waals surface area contributed by atoms with Crippen LogP contribution >= 0.6 is 35.3 Å². The molecule has 0 saturated heterocycles. The lowest BCUT2D eigenvalue weighted by Gasteiger charge is -2.11. The van der Waals surface area contributed by atoms with E-state index in [1.807, 2.05) is 7.05 Å². The van der Waals surface area contributed by atoms with Crippen molar-refractivity contribution in [3.05, 3.63) is 63.6 Å². The van der Waals surface area contributed by atoms with Crippen molar-refractivity contribution >= 4 is 52.0 Å². The molecule has 144 valence electrons. The molecule has 0 aliphatic rings. The molecule has 3 aromatic rings. The minimum absolute atomic E-state index is 0. The first-order valence-electron chi connectivity index (χ1n) is 9.01. The predicted molar refractivity (Wildman–Crippen MR) is 128 cm³/mol. The number of benzene rings is 2. The summed E-state index contributed by atoms with van der Waals surface area (Å²) in [5.74, 6) is 0.843. The zero-order chi connectivity index (χ0) is 18.4. The second-order valence-electron chi connectivity index (χ2n) is 6.36. The fraction of sp³-hybridized carbons (Fsp3) is 0.333. The quantitative estimate of drug-likeness (QED) is 0.302. The lowest BCUT2D eigenvalue weighted by molar-refractivity contribution is 0.781. The number of thiazole rings is 1. The van der Waals surface area contributed by atoms with E-state index in [1.165, 1.54) is 26.2 Å². The summed E-state index contributed by atoms with van der Waals surface area (Å²) in [6.45, 7) is 5.88. The first-order chi connectivity index (χ1) is 12.7. The van der Waals surface area contributed by atoms with Crippen LogP contribution in [0.25, 0.3) is 10.8 Å². The summed E-state index contributed by atoms with van der Waals surface area (Å²) in [6, 6.07) is 15.1. The zero-order valence-corrected chi connectivity index (χ0v) is 19.2. The number of guanidine groups is 1. The summed E-state index contributed by atoms with van der Waals surface area (Å²) in [5.41, 5.74) is 2.48. The fourth-order valence-corrected chi connectivity index (χ4v) is 3.81. The third-order valence-corrected chi connectivity index (χ3v) is 5.58. The van der Waals surface area contributed by atoms with Crippen LogP contribution in [0.3, 0.4) is 0 Å². The molecule has 0 atom stereocenters. The Labute approximate surface area is 182 Å². The molecule has 27 heavy (non-hydrogen) atoms. The number of aromatic nitrogens is 1. The van der Waals surface area contributed by atoms with E-state index in [2.05, 4.69) is 76.9 Å². The van der Waals surface area contributed by atoms with Gasteiger partial charge in [0.15, 0.2) is 5.96 Å². The van der Waals surface area contributed by atoms with Crippen molar-refractivity contribution in [2.75, 3.05) is 20.1 Å². The van der Waals surface area contributed by atoms with Gasteiger partial charge in [0.1, 0.15) is 0 Å². The molecule has 0 spiro atoms. The summed E-state index contributed by atoms with van der Waals surface area (Å²) >= 11 is 1.78. The minimum atomic E-state index is 0. The van der Waals surface area contributed by atoms with Gasteiger partial charge >= 0.3 is 0 Å². The molecule has 2 aromatic carbocycles. The molecule has 4 nitrogen and oxygen atoms in total. The van der Waals surface area contributed by atoms with Crippen LogP contribution in [-0.4, -0.2) is 31.1 Å². The Morgan fingerprint density at radius 2 is 1.70 bits per heavy atom. The molecule has 0 fully saturated rings. The van der Waals surface area contributed by atoms with Gasteiger partial charge in [0.25, 0.3) is 0 Å². The van der Waals surface area contributed by atoms with Gasteiger partial charge in [0.2, 0.25) is 0 Å². The molecule has 3 rings (SSSR count). The molecular formula is C21H27IN4S. The normalized spacial score (nSPS) is 11.3. The number of nitrogens with zero attached hydrogens (tertiary/aromatic N) is 2. The van der Waals surface area contributed by atoms with Gasteiger partial charge in [-0.3, -0.25) is 4.99 Å². The van der Waals surface area contributed by atoms with Crippen molar-refractivity contribution < 1.29 is 0 Å². The fourth-order valence-electron chi connectivity index (χ4n) is 2.87. The number of halogens is 1. The number of hydrogen-bond donors (Lipinski definition) is 2. The lowest BCUT2D eigenvalue weighted by Crippen LogP contribution is -2.39. The molecule has 0 unspecified atom stereocenters. The third kappa shape index (κ3) is 6.17. The summed E-state index contributed by atoms with van der Waals surface area (Å²) in [6.07, 6.45) is 1.89. The smallest absolute Gasteiger partial charge is 0.191 e. The maximum atomic E-state index is 4.58. The molecule has 1 aromatic heterocycles. The van der Waals surface area contributed by atoms with E-state index in [9.17, 15) is 0 Å². The Morgan fingerprint density at radius 3 is 2.37 bits per heavy atom. The molecule has 0 bridgehead atoms. The monoisotopic (exact) mass is 494 g/mol. The molecule has 1 heterocycles. The van der Waals surface area contributed by atoms with E-state index in [4.69, 9.17) is 0 Å². The van der Waals surface area contributed by atoms with Crippen LogP contribution < -0.4 is 10.6 Å². The van der Waals surface area contributed by atoms with E-state index in [-0.39, 0.29) is 24.0 Å². The summed E-state index contributed by atoms with van der Waals surface area (Å²) in [7, 11) is 1.81. The van der Waals surface area contributed by atoms with E-state index in [0.29, 0.717) is 0 Å². The highest BCUT2D eigenvalue weighted by Gasteiger charge is 2.04. The topological polar surface area (TPSA) is 49.3 Å². The van der Waals surface area contributed by atoms with Crippen molar-refractivity contribution in [3.63, 3.8) is 0 Å². The van der Waals surface area contributed by atoms with Crippen molar-refractivity contribution in [2.24, 2.45) is 4.99 Å². The molecule has 0 aliphatic carbocycles. The van der Waals surface area contributed by atoms with E-state index < -0.39 is 0 Å². The average molecular weight is 494 g/mol. The highest BCUT2D eigenvalue weighted by atomic mass is 127. The zero-order valence-electron chi connectivity index (χ0n) is 16.1. The largest absolute Gasteiger partial charge is 0.356 e. The summed E-state index contributed by atoms with van der Waals surface area (Å²) in [5, 5.41) is 10.5. The standard InChI is InChI=1S/C21H26N4S.HI/c1-15-16(2)26-20(25-15)11-13-24-21(22-3)23-12-10-17-8-9-18-6-4-5-7-19(18)14-17;/h4-9,14H,10-13H2,1-3H3,(H2,22,23,24);1H. The number of nitrogens with one attached hydrogen (secondary N) is 2. The number of rotatable bonds is 6. The van der Waals surface area contributed by atoms with Gasteiger partial charge in [-0.1, -0.05) is 42.5 Å². The van der Waals surface area contributed by atoms with Crippen LogP contribution in [0.5, 0.6) is 0 Å². The average Bonchev–Trinajstić information content (AvgIpc) is 2.98. The molecule has 0 radical (unpaired) electrons. The third-order valence-electron chi connectivity index (χ3n) is 4.45. The molecule has 0 aliphatic heterocycles. The van der Waals surface area contributed by atoms with E-state index in [0.717, 1.165) is 37.6 Å². The Hall–Kier alpha value is -1.67. The van der Waals surface area contributed by atoms with Crippen LogP contribution in [0, 0.1) is 13.8 Å². The van der Waals surface area contributed by atoms with Crippen molar-refractivity contribution in [2.45, 2.75) is 26.7 Å². The van der Waals surface area contributed by atoms with Crippen LogP contribution in [0.15, 0.2) is 47.5 Å². The van der Waals surface area contributed by atoms with Crippen molar-refractivity contribution in [1.82, 2.24) is 15.6 Å². The van der Waals surface area contributed by atoms with Crippen LogP contribution in [0.2, 0.25) is 0 Å². The number of fused-ring (bicyclic) bond motifs is 1. The number of aryl methyl sites for hydroxylation is 2. The van der Waals surface area contributed by atoms with Gasteiger partial charge < -0.3 is 10.6 Å². The van der Waals surface area contributed by atoms with Gasteiger partial charge in [-0.2, -0.15) is 0 Å². The van der Waals surface area contributed by atoms with Gasteiger partial charge in [-0.05, 0) is 36.6 Å². The van der Waals surface area contributed by atoms with Crippen molar-refractivity contribution in [1.29, 1.82) is 0 Å². The molecule has 2 N–H and O–H groups in total. The molecule has 0 amide bonds.